The molecule has 0 aromatic carbocycles. The minimum absolute atomic E-state index is 0.220. The van der Waals surface area contributed by atoms with Gasteiger partial charge in [0.15, 0.2) is 0 Å². The molecular weight excluding hydrogens is 228 g/mol. The van der Waals surface area contributed by atoms with Crippen molar-refractivity contribution in [2.24, 2.45) is 0 Å². The summed E-state index contributed by atoms with van der Waals surface area (Å²) in [5.74, 6) is 0. The number of carbonyl (C=O) groups is 1. The fourth-order valence-corrected chi connectivity index (χ4v) is 1.49. The van der Waals surface area contributed by atoms with Crippen LogP contribution in [0, 0.1) is 0 Å². The highest BCUT2D eigenvalue weighted by molar-refractivity contribution is 5.68. The third kappa shape index (κ3) is 9.05. The van der Waals surface area contributed by atoms with Crippen LogP contribution >= 0.6 is 0 Å². The SMILES string of the molecule is C=CCCCN(CCCNC)C(=O)OC(C)(C)C. The number of hydrogen-bond donors (Lipinski definition) is 1. The number of allylic oxidation sites excluding steroid dienone is 1. The van der Waals surface area contributed by atoms with Crippen molar-refractivity contribution in [2.45, 2.75) is 45.6 Å². The lowest BCUT2D eigenvalue weighted by Crippen LogP contribution is -2.38. The van der Waals surface area contributed by atoms with Gasteiger partial charge in [0.25, 0.3) is 0 Å². The highest BCUT2D eigenvalue weighted by Gasteiger charge is 2.21. The van der Waals surface area contributed by atoms with E-state index in [0.29, 0.717) is 0 Å². The van der Waals surface area contributed by atoms with E-state index in [2.05, 4.69) is 11.9 Å². The number of amides is 1. The summed E-state index contributed by atoms with van der Waals surface area (Å²) in [6.07, 6.45) is 4.45. The van der Waals surface area contributed by atoms with Gasteiger partial charge in [-0.2, -0.15) is 0 Å². The molecule has 0 heterocycles. The molecule has 0 atom stereocenters. The minimum Gasteiger partial charge on any atom is -0.444 e. The predicted octanol–water partition coefficient (Wildman–Crippen LogP) is 2.80. The van der Waals surface area contributed by atoms with E-state index in [0.717, 1.165) is 38.9 Å². The van der Waals surface area contributed by atoms with E-state index in [1.165, 1.54) is 0 Å². The Balaban J connectivity index is 4.24. The molecule has 0 saturated carbocycles. The zero-order chi connectivity index (χ0) is 14.0. The zero-order valence-electron chi connectivity index (χ0n) is 12.3. The summed E-state index contributed by atoms with van der Waals surface area (Å²) in [7, 11) is 1.91. The predicted molar refractivity (Wildman–Crippen MR) is 75.8 cm³/mol. The molecule has 0 rings (SSSR count). The van der Waals surface area contributed by atoms with Gasteiger partial charge in [-0.1, -0.05) is 6.08 Å². The molecule has 0 aliphatic heterocycles. The van der Waals surface area contributed by atoms with E-state index in [-0.39, 0.29) is 6.09 Å². The molecular formula is C14H28N2O2. The molecule has 106 valence electrons. The highest BCUT2D eigenvalue weighted by atomic mass is 16.6. The number of nitrogens with zero attached hydrogens (tertiary/aromatic N) is 1. The maximum absolute atomic E-state index is 12.0. The Hall–Kier alpha value is -1.03. The highest BCUT2D eigenvalue weighted by Crippen LogP contribution is 2.11. The van der Waals surface area contributed by atoms with Crippen molar-refractivity contribution in [1.82, 2.24) is 10.2 Å². The molecule has 4 heteroatoms. The van der Waals surface area contributed by atoms with Crippen LogP contribution in [0.5, 0.6) is 0 Å². The van der Waals surface area contributed by atoms with Crippen LogP contribution in [0.25, 0.3) is 0 Å². The monoisotopic (exact) mass is 256 g/mol. The molecule has 0 fully saturated rings. The Bertz CT molecular complexity index is 247. The van der Waals surface area contributed by atoms with Gasteiger partial charge in [0, 0.05) is 13.1 Å². The van der Waals surface area contributed by atoms with Crippen LogP contribution in [0.1, 0.15) is 40.0 Å². The third-order valence-corrected chi connectivity index (χ3v) is 2.34. The van der Waals surface area contributed by atoms with Gasteiger partial charge in [0.2, 0.25) is 0 Å². The molecule has 18 heavy (non-hydrogen) atoms. The number of nitrogens with one attached hydrogen (secondary N) is 1. The normalized spacial score (nSPS) is 11.1. The molecule has 0 spiro atoms. The van der Waals surface area contributed by atoms with Crippen molar-refractivity contribution in [3.05, 3.63) is 12.7 Å². The fraction of sp³-hybridized carbons (Fsp3) is 0.786. The number of ether oxygens (including phenoxy) is 1. The molecule has 0 aromatic heterocycles. The van der Waals surface area contributed by atoms with Gasteiger partial charge in [-0.15, -0.1) is 6.58 Å². The lowest BCUT2D eigenvalue weighted by atomic mass is 10.2. The van der Waals surface area contributed by atoms with E-state index in [1.54, 1.807) is 4.90 Å². The van der Waals surface area contributed by atoms with Gasteiger partial charge < -0.3 is 15.0 Å². The Morgan fingerprint density at radius 1 is 1.33 bits per heavy atom. The molecule has 0 bridgehead atoms. The Morgan fingerprint density at radius 3 is 2.44 bits per heavy atom. The molecule has 0 aliphatic carbocycles. The second kappa shape index (κ2) is 8.97. The summed E-state index contributed by atoms with van der Waals surface area (Å²) >= 11 is 0. The molecule has 1 amide bonds. The summed E-state index contributed by atoms with van der Waals surface area (Å²) in [5, 5.41) is 3.08. The largest absolute Gasteiger partial charge is 0.444 e. The average molecular weight is 256 g/mol. The molecule has 0 radical (unpaired) electrons. The van der Waals surface area contributed by atoms with Gasteiger partial charge in [0.05, 0.1) is 0 Å². The van der Waals surface area contributed by atoms with Crippen LogP contribution in [0.3, 0.4) is 0 Å². The minimum atomic E-state index is -0.434. The van der Waals surface area contributed by atoms with Crippen molar-refractivity contribution in [3.8, 4) is 0 Å². The maximum atomic E-state index is 12.0. The van der Waals surface area contributed by atoms with Crippen molar-refractivity contribution in [2.75, 3.05) is 26.7 Å². The first-order chi connectivity index (χ1) is 8.40. The number of hydrogen-bond acceptors (Lipinski definition) is 3. The molecule has 4 nitrogen and oxygen atoms in total. The van der Waals surface area contributed by atoms with Crippen LogP contribution in [0.15, 0.2) is 12.7 Å². The summed E-state index contributed by atoms with van der Waals surface area (Å²) in [5.41, 5.74) is -0.434. The van der Waals surface area contributed by atoms with Crippen LogP contribution < -0.4 is 5.32 Å². The number of rotatable bonds is 8. The maximum Gasteiger partial charge on any atom is 0.410 e. The van der Waals surface area contributed by atoms with E-state index in [1.807, 2.05) is 33.9 Å². The van der Waals surface area contributed by atoms with E-state index in [4.69, 9.17) is 4.74 Å². The molecule has 0 aliphatic rings. The lowest BCUT2D eigenvalue weighted by molar-refractivity contribution is 0.0246. The van der Waals surface area contributed by atoms with Crippen molar-refractivity contribution >= 4 is 6.09 Å². The Kier molecular flexibility index (Phi) is 8.46. The average Bonchev–Trinajstić information content (AvgIpc) is 2.25. The van der Waals surface area contributed by atoms with Crippen LogP contribution in [0.2, 0.25) is 0 Å². The lowest BCUT2D eigenvalue weighted by Gasteiger charge is -2.27. The Morgan fingerprint density at radius 2 is 1.94 bits per heavy atom. The van der Waals surface area contributed by atoms with E-state index < -0.39 is 5.60 Å². The fourth-order valence-electron chi connectivity index (χ4n) is 1.49. The Labute approximate surface area is 111 Å². The van der Waals surface area contributed by atoms with Crippen LogP contribution in [0.4, 0.5) is 4.79 Å². The first kappa shape index (κ1) is 17.0. The van der Waals surface area contributed by atoms with Crippen molar-refractivity contribution < 1.29 is 9.53 Å². The summed E-state index contributed by atoms with van der Waals surface area (Å²) in [6, 6.07) is 0. The van der Waals surface area contributed by atoms with Crippen molar-refractivity contribution in [3.63, 3.8) is 0 Å². The second-order valence-corrected chi connectivity index (χ2v) is 5.36. The quantitative estimate of drug-likeness (QED) is 0.536. The van der Waals surface area contributed by atoms with Gasteiger partial charge >= 0.3 is 6.09 Å². The van der Waals surface area contributed by atoms with E-state index in [9.17, 15) is 4.79 Å². The van der Waals surface area contributed by atoms with Gasteiger partial charge in [0.1, 0.15) is 5.60 Å². The van der Waals surface area contributed by atoms with Crippen molar-refractivity contribution in [1.29, 1.82) is 0 Å². The summed E-state index contributed by atoms with van der Waals surface area (Å²) in [4.78, 5) is 13.8. The first-order valence-corrected chi connectivity index (χ1v) is 6.64. The topological polar surface area (TPSA) is 41.6 Å². The first-order valence-electron chi connectivity index (χ1n) is 6.64. The number of unbranched alkanes of at least 4 members (excludes halogenated alkanes) is 1. The summed E-state index contributed by atoms with van der Waals surface area (Å²) < 4.78 is 5.40. The summed E-state index contributed by atoms with van der Waals surface area (Å²) in [6.45, 7) is 11.7. The molecule has 0 saturated heterocycles. The third-order valence-electron chi connectivity index (χ3n) is 2.34. The molecule has 1 N–H and O–H groups in total. The molecule has 0 aromatic rings. The molecule has 0 unspecified atom stereocenters. The van der Waals surface area contributed by atoms with Crippen LogP contribution in [-0.2, 0) is 4.74 Å². The van der Waals surface area contributed by atoms with Gasteiger partial charge in [-0.25, -0.2) is 4.79 Å². The smallest absolute Gasteiger partial charge is 0.410 e. The van der Waals surface area contributed by atoms with Gasteiger partial charge in [-0.05, 0) is 53.6 Å². The number of carbonyl (C=O) groups excluding carboxylic acids is 1. The zero-order valence-corrected chi connectivity index (χ0v) is 12.3. The van der Waals surface area contributed by atoms with Gasteiger partial charge in [-0.3, -0.25) is 0 Å². The van der Waals surface area contributed by atoms with E-state index >= 15 is 0 Å². The second-order valence-electron chi connectivity index (χ2n) is 5.36. The van der Waals surface area contributed by atoms with Crippen LogP contribution in [-0.4, -0.2) is 43.3 Å². The standard InChI is InChI=1S/C14H28N2O2/c1-6-7-8-11-16(12-9-10-15-5)13(17)18-14(2,3)4/h6,15H,1,7-12H2,2-5H3.